The number of thiazole rings is 1. The number of carbonyl (C=O) groups is 1. The van der Waals surface area contributed by atoms with E-state index in [9.17, 15) is 4.79 Å². The Balaban J connectivity index is 1.26. The zero-order valence-corrected chi connectivity index (χ0v) is 28.3. The van der Waals surface area contributed by atoms with Crippen LogP contribution in [0.2, 0.25) is 0 Å². The van der Waals surface area contributed by atoms with Gasteiger partial charge in [-0.15, -0.1) is 11.3 Å². The summed E-state index contributed by atoms with van der Waals surface area (Å²) in [7, 11) is 0. The molecule has 0 bridgehead atoms. The van der Waals surface area contributed by atoms with Crippen LogP contribution in [-0.4, -0.2) is 47.3 Å². The Morgan fingerprint density at radius 2 is 1.49 bits per heavy atom. The number of aromatic nitrogens is 3. The van der Waals surface area contributed by atoms with E-state index in [2.05, 4.69) is 27.5 Å². The van der Waals surface area contributed by atoms with Crippen LogP contribution in [0.1, 0.15) is 126 Å². The number of carbonyl (C=O) groups excluding carboxylic acids is 1. The molecule has 1 amide bonds. The second kappa shape index (κ2) is 23.3. The van der Waals surface area contributed by atoms with Crippen molar-refractivity contribution in [2.75, 3.05) is 19.8 Å². The zero-order valence-electron chi connectivity index (χ0n) is 27.4. The van der Waals surface area contributed by atoms with Crippen molar-refractivity contribution in [1.82, 2.24) is 20.6 Å². The lowest BCUT2D eigenvalue weighted by Gasteiger charge is -2.17. The molecule has 0 aromatic carbocycles. The molecular weight excluding hydrogens is 592 g/mol. The standard InChI is InChI=1S/C34H54N4O6S/c1-3-4-5-6-7-8-9-10-11-12-13-14-16-19-29-25-31(37-44-29)40-26-30(42-32-24-28(2)43-38-32)27-41-34(39)36-21-18-15-17-20-33-35-22-23-45-33/h22-25,30H,3-21,26-27H2,1-2H3,(H,36,39). The molecule has 3 rings (SSSR count). The molecule has 1 N–H and O–H groups in total. The molecule has 1 unspecified atom stereocenters. The molecule has 45 heavy (non-hydrogen) atoms. The molecule has 3 aromatic heterocycles. The van der Waals surface area contributed by atoms with E-state index >= 15 is 0 Å². The van der Waals surface area contributed by atoms with Crippen LogP contribution in [0.25, 0.3) is 0 Å². The van der Waals surface area contributed by atoms with E-state index in [-0.39, 0.29) is 13.2 Å². The number of rotatable bonds is 27. The number of hydrogen-bond acceptors (Lipinski definition) is 10. The average molecular weight is 647 g/mol. The first-order chi connectivity index (χ1) is 22.1. The van der Waals surface area contributed by atoms with Crippen molar-refractivity contribution in [3.05, 3.63) is 40.2 Å². The van der Waals surface area contributed by atoms with Gasteiger partial charge in [0.15, 0.2) is 6.10 Å². The van der Waals surface area contributed by atoms with Gasteiger partial charge < -0.3 is 28.6 Å². The van der Waals surface area contributed by atoms with E-state index in [1.807, 2.05) is 17.6 Å². The number of ether oxygens (including phenoxy) is 3. The van der Waals surface area contributed by atoms with Crippen molar-refractivity contribution in [3.63, 3.8) is 0 Å². The van der Waals surface area contributed by atoms with Gasteiger partial charge in [-0.2, -0.15) is 0 Å². The van der Waals surface area contributed by atoms with Gasteiger partial charge in [0.2, 0.25) is 0 Å². The Labute approximate surface area is 273 Å². The van der Waals surface area contributed by atoms with Gasteiger partial charge in [-0.05, 0) is 42.9 Å². The first kappa shape index (κ1) is 36.4. The number of aryl methyl sites for hydroxylation is 3. The Morgan fingerprint density at radius 3 is 2.16 bits per heavy atom. The summed E-state index contributed by atoms with van der Waals surface area (Å²) >= 11 is 1.67. The van der Waals surface area contributed by atoms with Crippen molar-refractivity contribution in [1.29, 1.82) is 0 Å². The molecule has 0 fully saturated rings. The fourth-order valence-corrected chi connectivity index (χ4v) is 5.69. The van der Waals surface area contributed by atoms with Crippen LogP contribution in [-0.2, 0) is 17.6 Å². The summed E-state index contributed by atoms with van der Waals surface area (Å²) < 4.78 is 27.7. The summed E-state index contributed by atoms with van der Waals surface area (Å²) in [6, 6.07) is 3.49. The van der Waals surface area contributed by atoms with Crippen LogP contribution in [0.15, 0.2) is 32.8 Å². The van der Waals surface area contributed by atoms with Gasteiger partial charge in [0.25, 0.3) is 11.8 Å². The van der Waals surface area contributed by atoms with E-state index in [0.717, 1.165) is 49.3 Å². The van der Waals surface area contributed by atoms with Crippen LogP contribution in [0.3, 0.4) is 0 Å². The highest BCUT2D eigenvalue weighted by Gasteiger charge is 2.18. The second-order valence-electron chi connectivity index (χ2n) is 11.7. The molecule has 0 aliphatic rings. The summed E-state index contributed by atoms with van der Waals surface area (Å²) in [5.74, 6) is 2.10. The van der Waals surface area contributed by atoms with Crippen LogP contribution < -0.4 is 14.8 Å². The van der Waals surface area contributed by atoms with E-state index in [1.54, 1.807) is 24.3 Å². The molecule has 252 valence electrons. The van der Waals surface area contributed by atoms with Crippen LogP contribution >= 0.6 is 11.3 Å². The van der Waals surface area contributed by atoms with E-state index in [4.69, 9.17) is 23.3 Å². The summed E-state index contributed by atoms with van der Waals surface area (Å²) in [4.78, 5) is 16.6. The van der Waals surface area contributed by atoms with E-state index in [0.29, 0.717) is 24.1 Å². The fraction of sp³-hybridized carbons (Fsp3) is 0.706. The fourth-order valence-electron chi connectivity index (χ4n) is 5.03. The Hall–Kier alpha value is -3.08. The van der Waals surface area contributed by atoms with Crippen LogP contribution in [0, 0.1) is 6.92 Å². The zero-order chi connectivity index (χ0) is 31.8. The normalized spacial score (nSPS) is 11.9. The number of nitrogens with zero attached hydrogens (tertiary/aromatic N) is 3. The minimum atomic E-state index is -0.611. The summed E-state index contributed by atoms with van der Waals surface area (Å²) in [5, 5.41) is 13.9. The molecule has 0 aliphatic carbocycles. The molecule has 0 saturated carbocycles. The maximum absolute atomic E-state index is 12.3. The predicted octanol–water partition coefficient (Wildman–Crippen LogP) is 9.03. The molecule has 10 nitrogen and oxygen atoms in total. The molecule has 0 radical (unpaired) electrons. The lowest BCUT2D eigenvalue weighted by molar-refractivity contribution is 0.0471. The molecule has 0 saturated heterocycles. The number of alkyl carbamates (subject to hydrolysis) is 1. The summed E-state index contributed by atoms with van der Waals surface area (Å²) in [6.45, 7) is 4.67. The minimum absolute atomic E-state index is 0.0224. The lowest BCUT2D eigenvalue weighted by Crippen LogP contribution is -2.34. The van der Waals surface area contributed by atoms with Gasteiger partial charge in [0.05, 0.1) is 5.01 Å². The van der Waals surface area contributed by atoms with Crippen molar-refractivity contribution >= 4 is 17.4 Å². The van der Waals surface area contributed by atoms with Gasteiger partial charge in [-0.25, -0.2) is 9.78 Å². The number of unbranched alkanes of at least 4 members (excludes halogenated alkanes) is 14. The molecule has 3 aromatic rings. The number of nitrogens with one attached hydrogen (secondary N) is 1. The monoisotopic (exact) mass is 646 g/mol. The number of hydrogen-bond donors (Lipinski definition) is 1. The predicted molar refractivity (Wildman–Crippen MR) is 176 cm³/mol. The van der Waals surface area contributed by atoms with Crippen molar-refractivity contribution in [3.8, 4) is 11.8 Å². The maximum atomic E-state index is 12.3. The second-order valence-corrected chi connectivity index (χ2v) is 12.7. The first-order valence-electron chi connectivity index (χ1n) is 17.1. The van der Waals surface area contributed by atoms with Crippen LogP contribution in [0.5, 0.6) is 11.8 Å². The molecule has 0 aliphatic heterocycles. The smallest absolute Gasteiger partial charge is 0.407 e. The van der Waals surface area contributed by atoms with Gasteiger partial charge >= 0.3 is 6.09 Å². The summed E-state index contributed by atoms with van der Waals surface area (Å²) in [5.41, 5.74) is 0. The van der Waals surface area contributed by atoms with Gasteiger partial charge in [-0.3, -0.25) is 0 Å². The van der Waals surface area contributed by atoms with E-state index < -0.39 is 12.2 Å². The molecule has 1 atom stereocenters. The quantitative estimate of drug-likeness (QED) is 0.0808. The highest BCUT2D eigenvalue weighted by molar-refractivity contribution is 7.09. The van der Waals surface area contributed by atoms with Crippen molar-refractivity contribution in [2.45, 2.75) is 136 Å². The molecule has 0 spiro atoms. The largest absolute Gasteiger partial charge is 0.471 e. The third kappa shape index (κ3) is 17.3. The number of amides is 1. The molecule has 3 heterocycles. The third-order valence-electron chi connectivity index (χ3n) is 7.60. The summed E-state index contributed by atoms with van der Waals surface area (Å²) in [6.07, 6.45) is 22.6. The van der Waals surface area contributed by atoms with E-state index in [1.165, 1.54) is 77.0 Å². The van der Waals surface area contributed by atoms with Crippen LogP contribution in [0.4, 0.5) is 4.79 Å². The highest BCUT2D eigenvalue weighted by Crippen LogP contribution is 2.18. The topological polar surface area (TPSA) is 122 Å². The average Bonchev–Trinajstić information content (AvgIpc) is 3.82. The minimum Gasteiger partial charge on any atom is -0.471 e. The maximum Gasteiger partial charge on any atom is 0.407 e. The van der Waals surface area contributed by atoms with Crippen molar-refractivity contribution in [2.24, 2.45) is 0 Å². The SMILES string of the molecule is CCCCCCCCCCCCCCCc1cc(OCC(COC(=O)NCCCCCc2nccs2)Oc2cc(C)on2)no1. The molecule has 11 heteroatoms. The van der Waals surface area contributed by atoms with Gasteiger partial charge in [-0.1, -0.05) is 90.4 Å². The van der Waals surface area contributed by atoms with Crippen molar-refractivity contribution < 1.29 is 28.1 Å². The third-order valence-corrected chi connectivity index (χ3v) is 8.43. The Kier molecular flexibility index (Phi) is 18.8. The Bertz CT molecular complexity index is 1140. The van der Waals surface area contributed by atoms with Gasteiger partial charge in [0, 0.05) is 36.7 Å². The Morgan fingerprint density at radius 1 is 0.822 bits per heavy atom. The van der Waals surface area contributed by atoms with Gasteiger partial charge in [0.1, 0.15) is 24.7 Å². The highest BCUT2D eigenvalue weighted by atomic mass is 32.1. The lowest BCUT2D eigenvalue weighted by atomic mass is 10.0. The first-order valence-corrected chi connectivity index (χ1v) is 18.0. The molecular formula is C34H54N4O6S.